The number of pyridine rings is 1. The third-order valence-electron chi connectivity index (χ3n) is 3.55. The first-order chi connectivity index (χ1) is 9.16. The van der Waals surface area contributed by atoms with Crippen LogP contribution in [0.5, 0.6) is 0 Å². The molecule has 0 unspecified atom stereocenters. The van der Waals surface area contributed by atoms with Crippen molar-refractivity contribution in [3.8, 4) is 0 Å². The molecule has 0 amide bonds. The SMILES string of the molecule is O=S(=O)(CCc1ccccn1)NC1CCCCCC1. The van der Waals surface area contributed by atoms with Crippen LogP contribution in [0.2, 0.25) is 0 Å². The number of nitrogens with zero attached hydrogens (tertiary/aromatic N) is 1. The molecule has 19 heavy (non-hydrogen) atoms. The van der Waals surface area contributed by atoms with Crippen molar-refractivity contribution in [3.63, 3.8) is 0 Å². The maximum atomic E-state index is 12.0. The van der Waals surface area contributed by atoms with Gasteiger partial charge in [0.05, 0.1) is 5.75 Å². The molecular formula is C14H22N2O2S. The molecule has 1 fully saturated rings. The van der Waals surface area contributed by atoms with Crippen LogP contribution >= 0.6 is 0 Å². The van der Waals surface area contributed by atoms with Crippen LogP contribution in [0.15, 0.2) is 24.4 Å². The van der Waals surface area contributed by atoms with Crippen LogP contribution in [0.4, 0.5) is 0 Å². The first-order valence-corrected chi connectivity index (χ1v) is 8.71. The van der Waals surface area contributed by atoms with E-state index in [2.05, 4.69) is 9.71 Å². The first-order valence-electron chi connectivity index (χ1n) is 7.06. The van der Waals surface area contributed by atoms with Crippen molar-refractivity contribution in [1.82, 2.24) is 9.71 Å². The Bertz CT molecular complexity index is 465. The number of aromatic nitrogens is 1. The van der Waals surface area contributed by atoms with E-state index in [4.69, 9.17) is 0 Å². The highest BCUT2D eigenvalue weighted by molar-refractivity contribution is 7.89. The third kappa shape index (κ3) is 5.28. The fourth-order valence-electron chi connectivity index (χ4n) is 2.50. The van der Waals surface area contributed by atoms with Crippen LogP contribution in [-0.4, -0.2) is 25.2 Å². The van der Waals surface area contributed by atoms with E-state index in [1.54, 1.807) is 6.20 Å². The van der Waals surface area contributed by atoms with Crippen molar-refractivity contribution in [2.24, 2.45) is 0 Å². The van der Waals surface area contributed by atoms with E-state index in [9.17, 15) is 8.42 Å². The van der Waals surface area contributed by atoms with Gasteiger partial charge >= 0.3 is 0 Å². The number of hydrogen-bond donors (Lipinski definition) is 1. The molecule has 0 aliphatic heterocycles. The summed E-state index contributed by atoms with van der Waals surface area (Å²) >= 11 is 0. The smallest absolute Gasteiger partial charge is 0.212 e. The highest BCUT2D eigenvalue weighted by atomic mass is 32.2. The summed E-state index contributed by atoms with van der Waals surface area (Å²) in [5.74, 6) is 0.126. The van der Waals surface area contributed by atoms with Crippen molar-refractivity contribution in [1.29, 1.82) is 0 Å². The lowest BCUT2D eigenvalue weighted by Crippen LogP contribution is -2.36. The molecular weight excluding hydrogens is 260 g/mol. The van der Waals surface area contributed by atoms with Crippen LogP contribution in [-0.2, 0) is 16.4 Å². The average Bonchev–Trinajstić information content (AvgIpc) is 2.66. The summed E-state index contributed by atoms with van der Waals surface area (Å²) in [6, 6.07) is 5.72. The lowest BCUT2D eigenvalue weighted by Gasteiger charge is -2.16. The second-order valence-electron chi connectivity index (χ2n) is 5.20. The van der Waals surface area contributed by atoms with Gasteiger partial charge in [0.25, 0.3) is 0 Å². The molecule has 4 nitrogen and oxygen atoms in total. The molecule has 0 spiro atoms. The second kappa shape index (κ2) is 7.01. The van der Waals surface area contributed by atoms with Gasteiger partial charge in [0.15, 0.2) is 0 Å². The summed E-state index contributed by atoms with van der Waals surface area (Å²) in [5, 5.41) is 0. The predicted molar refractivity (Wildman–Crippen MR) is 76.4 cm³/mol. The van der Waals surface area contributed by atoms with Crippen LogP contribution < -0.4 is 4.72 Å². The largest absolute Gasteiger partial charge is 0.261 e. The molecule has 0 bridgehead atoms. The number of sulfonamides is 1. The van der Waals surface area contributed by atoms with E-state index in [0.29, 0.717) is 6.42 Å². The molecule has 1 saturated carbocycles. The minimum Gasteiger partial charge on any atom is -0.261 e. The van der Waals surface area contributed by atoms with E-state index in [1.807, 2.05) is 18.2 Å². The van der Waals surface area contributed by atoms with Gasteiger partial charge in [0.2, 0.25) is 10.0 Å². The molecule has 0 aromatic carbocycles. The summed E-state index contributed by atoms with van der Waals surface area (Å²) in [6.45, 7) is 0. The quantitative estimate of drug-likeness (QED) is 0.843. The van der Waals surface area contributed by atoms with E-state index in [-0.39, 0.29) is 11.8 Å². The van der Waals surface area contributed by atoms with Gasteiger partial charge in [-0.15, -0.1) is 0 Å². The number of nitrogens with one attached hydrogen (secondary N) is 1. The summed E-state index contributed by atoms with van der Waals surface area (Å²) < 4.78 is 26.9. The number of hydrogen-bond acceptors (Lipinski definition) is 3. The Kier molecular flexibility index (Phi) is 5.34. The third-order valence-corrected chi connectivity index (χ3v) is 4.99. The lowest BCUT2D eigenvalue weighted by atomic mass is 10.1. The predicted octanol–water partition coefficient (Wildman–Crippen LogP) is 2.27. The zero-order chi connectivity index (χ0) is 13.6. The molecule has 1 aliphatic rings. The van der Waals surface area contributed by atoms with E-state index in [1.165, 1.54) is 12.8 Å². The Labute approximate surface area is 115 Å². The maximum Gasteiger partial charge on any atom is 0.212 e. The number of aryl methyl sites for hydroxylation is 1. The van der Waals surface area contributed by atoms with Gasteiger partial charge in [-0.3, -0.25) is 4.98 Å². The Hall–Kier alpha value is -0.940. The fourth-order valence-corrected chi connectivity index (χ4v) is 3.83. The minimum atomic E-state index is -3.19. The highest BCUT2D eigenvalue weighted by Gasteiger charge is 2.19. The van der Waals surface area contributed by atoms with Crippen LogP contribution in [0.25, 0.3) is 0 Å². The van der Waals surface area contributed by atoms with Gasteiger partial charge in [-0.1, -0.05) is 31.7 Å². The maximum absolute atomic E-state index is 12.0. The molecule has 1 aromatic heterocycles. The normalized spacial score (nSPS) is 18.1. The molecule has 2 rings (SSSR count). The molecule has 0 radical (unpaired) electrons. The zero-order valence-corrected chi connectivity index (χ0v) is 12.0. The van der Waals surface area contributed by atoms with Gasteiger partial charge in [-0.2, -0.15) is 0 Å². The Balaban J connectivity index is 1.84. The van der Waals surface area contributed by atoms with E-state index < -0.39 is 10.0 Å². The van der Waals surface area contributed by atoms with Crippen molar-refractivity contribution >= 4 is 10.0 Å². The van der Waals surface area contributed by atoms with Gasteiger partial charge in [-0.25, -0.2) is 13.1 Å². The zero-order valence-electron chi connectivity index (χ0n) is 11.2. The molecule has 1 N–H and O–H groups in total. The molecule has 1 aromatic rings. The monoisotopic (exact) mass is 282 g/mol. The van der Waals surface area contributed by atoms with Crippen molar-refractivity contribution in [2.75, 3.05) is 5.75 Å². The first kappa shape index (κ1) is 14.5. The molecule has 0 atom stereocenters. The minimum absolute atomic E-state index is 0.126. The molecule has 106 valence electrons. The summed E-state index contributed by atoms with van der Waals surface area (Å²) in [5.41, 5.74) is 0.828. The van der Waals surface area contributed by atoms with Crippen molar-refractivity contribution < 1.29 is 8.42 Å². The second-order valence-corrected chi connectivity index (χ2v) is 7.07. The summed E-state index contributed by atoms with van der Waals surface area (Å²) in [4.78, 5) is 4.15. The summed E-state index contributed by atoms with van der Waals surface area (Å²) in [6.07, 6.45) is 8.84. The van der Waals surface area contributed by atoms with Crippen molar-refractivity contribution in [3.05, 3.63) is 30.1 Å². The molecule has 5 heteroatoms. The summed E-state index contributed by atoms with van der Waals surface area (Å²) in [7, 11) is -3.19. The van der Waals surface area contributed by atoms with Gasteiger partial charge in [-0.05, 0) is 25.0 Å². The van der Waals surface area contributed by atoms with Gasteiger partial charge in [0, 0.05) is 24.4 Å². The molecule has 1 heterocycles. The topological polar surface area (TPSA) is 59.1 Å². The average molecular weight is 282 g/mol. The Morgan fingerprint density at radius 1 is 1.16 bits per heavy atom. The van der Waals surface area contributed by atoms with Crippen LogP contribution in [0, 0.1) is 0 Å². The molecule has 1 aliphatic carbocycles. The van der Waals surface area contributed by atoms with Crippen LogP contribution in [0.1, 0.15) is 44.2 Å². The Morgan fingerprint density at radius 2 is 1.89 bits per heavy atom. The van der Waals surface area contributed by atoms with Crippen molar-refractivity contribution in [2.45, 2.75) is 51.0 Å². The van der Waals surface area contributed by atoms with Gasteiger partial charge < -0.3 is 0 Å². The van der Waals surface area contributed by atoms with E-state index in [0.717, 1.165) is 31.4 Å². The highest BCUT2D eigenvalue weighted by Crippen LogP contribution is 2.17. The van der Waals surface area contributed by atoms with E-state index >= 15 is 0 Å². The number of rotatable bonds is 5. The Morgan fingerprint density at radius 3 is 2.53 bits per heavy atom. The molecule has 0 saturated heterocycles. The van der Waals surface area contributed by atoms with Gasteiger partial charge in [0.1, 0.15) is 0 Å². The fraction of sp³-hybridized carbons (Fsp3) is 0.643. The van der Waals surface area contributed by atoms with Crippen LogP contribution in [0.3, 0.4) is 0 Å². The lowest BCUT2D eigenvalue weighted by molar-refractivity contribution is 0.509. The standard InChI is InChI=1S/C14H22N2O2S/c17-19(18,12-10-13-7-5-6-11-15-13)16-14-8-3-1-2-4-9-14/h5-7,11,14,16H,1-4,8-10,12H2.